The van der Waals surface area contributed by atoms with Crippen LogP contribution in [0.2, 0.25) is 10.0 Å². The highest BCUT2D eigenvalue weighted by Crippen LogP contribution is 2.26. The Morgan fingerprint density at radius 3 is 2.58 bits per heavy atom. The molecule has 5 heteroatoms. The van der Waals surface area contributed by atoms with Gasteiger partial charge in [-0.15, -0.1) is 0 Å². The lowest BCUT2D eigenvalue weighted by atomic mass is 10.2. The fourth-order valence-electron chi connectivity index (χ4n) is 1.64. The van der Waals surface area contributed by atoms with Gasteiger partial charge in [0, 0.05) is 22.8 Å². The number of ether oxygens (including phenoxy) is 1. The van der Waals surface area contributed by atoms with E-state index in [0.717, 1.165) is 21.5 Å². The molecule has 0 spiro atoms. The summed E-state index contributed by atoms with van der Waals surface area (Å²) in [6, 6.07) is 11.4. The van der Waals surface area contributed by atoms with Crippen molar-refractivity contribution in [2.75, 3.05) is 12.4 Å². The molecule has 0 bridgehead atoms. The normalized spacial score (nSPS) is 10.3. The lowest BCUT2D eigenvalue weighted by molar-refractivity contribution is 0.414. The monoisotopic (exact) mass is 359 g/mol. The number of rotatable bonds is 4. The van der Waals surface area contributed by atoms with E-state index in [9.17, 15) is 0 Å². The van der Waals surface area contributed by atoms with Crippen molar-refractivity contribution in [2.24, 2.45) is 0 Å². The SMILES string of the molecule is COc1cc(Br)cc(NCc2ccc(Cl)c(Cl)c2)c1. The Labute approximate surface area is 130 Å². The van der Waals surface area contributed by atoms with E-state index in [2.05, 4.69) is 21.2 Å². The molecule has 0 fully saturated rings. The van der Waals surface area contributed by atoms with Crippen LogP contribution >= 0.6 is 39.1 Å². The maximum absolute atomic E-state index is 5.98. The predicted octanol–water partition coefficient (Wildman–Crippen LogP) is 5.38. The Balaban J connectivity index is 2.09. The van der Waals surface area contributed by atoms with Crippen LogP contribution in [-0.4, -0.2) is 7.11 Å². The second kappa shape index (κ2) is 6.51. The maximum Gasteiger partial charge on any atom is 0.122 e. The van der Waals surface area contributed by atoms with Crippen molar-refractivity contribution >= 4 is 44.8 Å². The van der Waals surface area contributed by atoms with Crippen molar-refractivity contribution in [2.45, 2.75) is 6.54 Å². The van der Waals surface area contributed by atoms with Crippen molar-refractivity contribution < 1.29 is 4.74 Å². The first-order chi connectivity index (χ1) is 9.08. The molecule has 0 atom stereocenters. The van der Waals surface area contributed by atoms with Gasteiger partial charge in [-0.3, -0.25) is 0 Å². The fourth-order valence-corrected chi connectivity index (χ4v) is 2.43. The van der Waals surface area contributed by atoms with Crippen molar-refractivity contribution in [1.29, 1.82) is 0 Å². The molecule has 0 saturated heterocycles. The minimum Gasteiger partial charge on any atom is -0.497 e. The number of methoxy groups -OCH3 is 1. The Morgan fingerprint density at radius 2 is 1.89 bits per heavy atom. The quantitative estimate of drug-likeness (QED) is 0.790. The standard InChI is InChI=1S/C14H12BrCl2NO/c1-19-12-6-10(15)5-11(7-12)18-8-9-2-3-13(16)14(17)4-9/h2-7,18H,8H2,1H3. The van der Waals surface area contributed by atoms with Crippen molar-refractivity contribution in [1.82, 2.24) is 0 Å². The van der Waals surface area contributed by atoms with Crippen LogP contribution in [0.4, 0.5) is 5.69 Å². The number of nitrogens with one attached hydrogen (secondary N) is 1. The second-order valence-electron chi connectivity index (χ2n) is 3.98. The molecular formula is C14H12BrCl2NO. The third kappa shape index (κ3) is 4.03. The van der Waals surface area contributed by atoms with Gasteiger partial charge in [-0.2, -0.15) is 0 Å². The van der Waals surface area contributed by atoms with Gasteiger partial charge < -0.3 is 10.1 Å². The highest BCUT2D eigenvalue weighted by molar-refractivity contribution is 9.10. The molecule has 0 heterocycles. The molecule has 0 aliphatic heterocycles. The molecular weight excluding hydrogens is 349 g/mol. The van der Waals surface area contributed by atoms with Crippen LogP contribution in [0.3, 0.4) is 0 Å². The fraction of sp³-hybridized carbons (Fsp3) is 0.143. The molecule has 0 radical (unpaired) electrons. The van der Waals surface area contributed by atoms with Gasteiger partial charge >= 0.3 is 0 Å². The largest absolute Gasteiger partial charge is 0.497 e. The molecule has 0 saturated carbocycles. The average molecular weight is 361 g/mol. The van der Waals surface area contributed by atoms with Crippen LogP contribution in [0.15, 0.2) is 40.9 Å². The van der Waals surface area contributed by atoms with E-state index < -0.39 is 0 Å². The lowest BCUT2D eigenvalue weighted by Gasteiger charge is -2.10. The number of benzene rings is 2. The zero-order valence-electron chi connectivity index (χ0n) is 10.2. The molecule has 2 nitrogen and oxygen atoms in total. The number of anilines is 1. The van der Waals surface area contributed by atoms with Crippen LogP contribution < -0.4 is 10.1 Å². The first-order valence-corrected chi connectivity index (χ1v) is 7.16. The lowest BCUT2D eigenvalue weighted by Crippen LogP contribution is -1.99. The third-order valence-electron chi connectivity index (χ3n) is 2.59. The zero-order valence-corrected chi connectivity index (χ0v) is 13.3. The smallest absolute Gasteiger partial charge is 0.122 e. The van der Waals surface area contributed by atoms with Crippen LogP contribution in [0, 0.1) is 0 Å². The van der Waals surface area contributed by atoms with E-state index in [1.165, 1.54) is 0 Å². The van der Waals surface area contributed by atoms with Crippen LogP contribution in [0.1, 0.15) is 5.56 Å². The number of hydrogen-bond acceptors (Lipinski definition) is 2. The molecule has 2 aromatic carbocycles. The van der Waals surface area contributed by atoms with Gasteiger partial charge in [0.25, 0.3) is 0 Å². The first kappa shape index (κ1) is 14.5. The Morgan fingerprint density at radius 1 is 1.11 bits per heavy atom. The molecule has 100 valence electrons. The highest BCUT2D eigenvalue weighted by Gasteiger charge is 2.02. The summed E-state index contributed by atoms with van der Waals surface area (Å²) in [7, 11) is 1.64. The number of halogens is 3. The third-order valence-corrected chi connectivity index (χ3v) is 3.78. The van der Waals surface area contributed by atoms with E-state index in [4.69, 9.17) is 27.9 Å². The average Bonchev–Trinajstić information content (AvgIpc) is 2.39. The minimum absolute atomic E-state index is 0.563. The first-order valence-electron chi connectivity index (χ1n) is 5.61. The van der Waals surface area contributed by atoms with E-state index in [1.54, 1.807) is 13.2 Å². The van der Waals surface area contributed by atoms with Crippen molar-refractivity contribution in [3.8, 4) is 5.75 Å². The van der Waals surface area contributed by atoms with Gasteiger partial charge in [0.15, 0.2) is 0 Å². The molecule has 0 amide bonds. The number of hydrogen-bond donors (Lipinski definition) is 1. The summed E-state index contributed by atoms with van der Waals surface area (Å²) in [6.07, 6.45) is 0. The Bertz CT molecular complexity index is 590. The van der Waals surface area contributed by atoms with Gasteiger partial charge in [-0.05, 0) is 29.8 Å². The Hall–Kier alpha value is -0.900. The van der Waals surface area contributed by atoms with Crippen LogP contribution in [0.25, 0.3) is 0 Å². The van der Waals surface area contributed by atoms with Gasteiger partial charge in [-0.25, -0.2) is 0 Å². The van der Waals surface area contributed by atoms with Crippen LogP contribution in [0.5, 0.6) is 5.75 Å². The van der Waals surface area contributed by atoms with Gasteiger partial charge in [0.1, 0.15) is 5.75 Å². The summed E-state index contributed by atoms with van der Waals surface area (Å²) in [5.74, 6) is 0.797. The molecule has 0 aromatic heterocycles. The second-order valence-corrected chi connectivity index (χ2v) is 5.71. The topological polar surface area (TPSA) is 21.3 Å². The minimum atomic E-state index is 0.563. The molecule has 0 aliphatic carbocycles. The van der Waals surface area contributed by atoms with E-state index in [-0.39, 0.29) is 0 Å². The predicted molar refractivity (Wildman–Crippen MR) is 84.5 cm³/mol. The zero-order chi connectivity index (χ0) is 13.8. The Kier molecular flexibility index (Phi) is 4.97. The molecule has 2 rings (SSSR count). The van der Waals surface area contributed by atoms with Gasteiger partial charge in [0.2, 0.25) is 0 Å². The van der Waals surface area contributed by atoms with E-state index in [1.807, 2.05) is 30.3 Å². The summed E-state index contributed by atoms with van der Waals surface area (Å²) in [5, 5.41) is 4.44. The van der Waals surface area contributed by atoms with Gasteiger partial charge in [-0.1, -0.05) is 45.2 Å². The molecule has 1 N–H and O–H groups in total. The van der Waals surface area contributed by atoms with Gasteiger partial charge in [0.05, 0.1) is 17.2 Å². The van der Waals surface area contributed by atoms with E-state index >= 15 is 0 Å². The van der Waals surface area contributed by atoms with Crippen molar-refractivity contribution in [3.63, 3.8) is 0 Å². The van der Waals surface area contributed by atoms with Crippen LogP contribution in [-0.2, 0) is 6.54 Å². The van der Waals surface area contributed by atoms with E-state index in [0.29, 0.717) is 16.6 Å². The molecule has 0 aliphatic rings. The summed E-state index contributed by atoms with van der Waals surface area (Å²) in [6.45, 7) is 0.663. The summed E-state index contributed by atoms with van der Waals surface area (Å²) in [5.41, 5.74) is 2.03. The highest BCUT2D eigenvalue weighted by atomic mass is 79.9. The molecule has 0 unspecified atom stereocenters. The summed E-state index contributed by atoms with van der Waals surface area (Å²) >= 11 is 15.3. The maximum atomic E-state index is 5.98. The molecule has 19 heavy (non-hydrogen) atoms. The van der Waals surface area contributed by atoms with Crippen molar-refractivity contribution in [3.05, 3.63) is 56.5 Å². The summed E-state index contributed by atoms with van der Waals surface area (Å²) < 4.78 is 6.18. The molecule has 2 aromatic rings. The summed E-state index contributed by atoms with van der Waals surface area (Å²) in [4.78, 5) is 0.